The van der Waals surface area contributed by atoms with Gasteiger partial charge in [-0.3, -0.25) is 28.5 Å². The van der Waals surface area contributed by atoms with Crippen molar-refractivity contribution in [3.63, 3.8) is 0 Å². The van der Waals surface area contributed by atoms with Crippen molar-refractivity contribution >= 4 is 46.4 Å². The Morgan fingerprint density at radius 2 is 0.922 bits per heavy atom. The summed E-state index contributed by atoms with van der Waals surface area (Å²) >= 11 is 3.34. The van der Waals surface area contributed by atoms with Gasteiger partial charge < -0.3 is 19.6 Å². The van der Waals surface area contributed by atoms with Gasteiger partial charge in [0.05, 0.1) is 75.5 Å². The molecule has 0 spiro atoms. The number of carboxylic acids is 1. The van der Waals surface area contributed by atoms with E-state index in [1.165, 1.54) is 7.11 Å². The minimum absolute atomic E-state index is 0.00163. The number of aryl methyl sites for hydroxylation is 2. The summed E-state index contributed by atoms with van der Waals surface area (Å²) in [5.41, 5.74) is 7.74. The summed E-state index contributed by atoms with van der Waals surface area (Å²) in [4.78, 5) is 81.8. The summed E-state index contributed by atoms with van der Waals surface area (Å²) in [5, 5.41) is 24.1. The number of hydrogen-bond acceptors (Lipinski definition) is 15. The van der Waals surface area contributed by atoms with Crippen molar-refractivity contribution in [2.75, 3.05) is 33.3 Å². The van der Waals surface area contributed by atoms with Crippen molar-refractivity contribution in [1.29, 1.82) is 0 Å². The molecule has 8 rings (SSSR count). The Bertz CT molecular complexity index is 3010. The van der Waals surface area contributed by atoms with Crippen LogP contribution in [-0.4, -0.2) is 121 Å². The molecular weight excluding hydrogens is 1010 g/mol. The zero-order valence-electron chi connectivity index (χ0n) is 47.8. The maximum Gasteiger partial charge on any atom is 0.311 e. The maximum atomic E-state index is 13.0. The molecule has 0 saturated carbocycles. The second kappa shape index (κ2) is 23.4. The van der Waals surface area contributed by atoms with Crippen LogP contribution in [0.4, 0.5) is 0 Å². The van der Waals surface area contributed by atoms with Crippen LogP contribution in [0.3, 0.4) is 0 Å². The first-order chi connectivity index (χ1) is 35.9. The van der Waals surface area contributed by atoms with Crippen molar-refractivity contribution in [2.45, 2.75) is 182 Å². The number of hydrogen-bond donors (Lipinski definition) is 1. The molecule has 18 nitrogen and oxygen atoms in total. The van der Waals surface area contributed by atoms with Gasteiger partial charge in [0.1, 0.15) is 24.7 Å². The number of nitrogens with zero attached hydrogens (tertiary/aromatic N) is 12. The number of piperidine rings is 2. The summed E-state index contributed by atoms with van der Waals surface area (Å²) in [7, 11) is 1.35. The number of methoxy groups -OCH3 is 1. The smallest absolute Gasteiger partial charge is 0.311 e. The van der Waals surface area contributed by atoms with E-state index in [9.17, 15) is 19.2 Å². The van der Waals surface area contributed by atoms with Gasteiger partial charge >= 0.3 is 11.9 Å². The molecule has 0 aliphatic carbocycles. The molecule has 8 heterocycles. The van der Waals surface area contributed by atoms with E-state index >= 15 is 0 Å². The van der Waals surface area contributed by atoms with Crippen LogP contribution in [-0.2, 0) is 71.5 Å². The highest BCUT2D eigenvalue weighted by Crippen LogP contribution is 2.37. The van der Waals surface area contributed by atoms with Gasteiger partial charge in [-0.15, -0.1) is 22.7 Å². The zero-order chi connectivity index (χ0) is 56.4. The molecule has 6 aromatic rings. The van der Waals surface area contributed by atoms with Gasteiger partial charge in [0.25, 0.3) is 0 Å². The van der Waals surface area contributed by atoms with Gasteiger partial charge in [0.15, 0.2) is 0 Å². The lowest BCUT2D eigenvalue weighted by Crippen LogP contribution is -2.40. The predicted molar refractivity (Wildman–Crippen MR) is 299 cm³/mol. The molecule has 2 amide bonds. The lowest BCUT2D eigenvalue weighted by atomic mass is 9.89. The number of carbonyl (C=O) groups excluding carboxylic acids is 3. The van der Waals surface area contributed by atoms with Crippen LogP contribution in [0.2, 0.25) is 0 Å². The summed E-state index contributed by atoms with van der Waals surface area (Å²) in [6.07, 6.45) is 3.40. The monoisotopic (exact) mass is 1090 g/mol. The van der Waals surface area contributed by atoms with Gasteiger partial charge in [-0.2, -0.15) is 10.2 Å². The molecule has 0 atom stereocenters. The summed E-state index contributed by atoms with van der Waals surface area (Å²) in [6, 6.07) is 7.68. The highest BCUT2D eigenvalue weighted by Gasteiger charge is 2.31. The maximum absolute atomic E-state index is 13.0. The minimum Gasteiger partial charge on any atom is -0.481 e. The Morgan fingerprint density at radius 3 is 1.26 bits per heavy atom. The van der Waals surface area contributed by atoms with E-state index in [0.717, 1.165) is 92.9 Å². The molecule has 77 heavy (non-hydrogen) atoms. The zero-order valence-corrected chi connectivity index (χ0v) is 49.4. The number of likely N-dealkylation sites (tertiary alicyclic amines) is 2. The average Bonchev–Trinajstić information content (AvgIpc) is 4.19. The number of rotatable bonds is 12. The second-order valence-electron chi connectivity index (χ2n) is 24.6. The van der Waals surface area contributed by atoms with Crippen LogP contribution < -0.4 is 0 Å². The normalized spacial score (nSPS) is 15.1. The summed E-state index contributed by atoms with van der Waals surface area (Å²) < 4.78 is 7.98. The van der Waals surface area contributed by atoms with E-state index in [2.05, 4.69) is 116 Å². The van der Waals surface area contributed by atoms with Crippen molar-refractivity contribution in [1.82, 2.24) is 59.3 Å². The van der Waals surface area contributed by atoms with E-state index in [1.54, 1.807) is 38.1 Å². The molecule has 2 saturated heterocycles. The third-order valence-corrected chi connectivity index (χ3v) is 15.8. The fraction of sp³-hybridized carbons (Fsp3) is 0.579. The van der Waals surface area contributed by atoms with Gasteiger partial charge in [-0.1, -0.05) is 83.1 Å². The molecule has 2 fully saturated rings. The first-order valence-corrected chi connectivity index (χ1v) is 28.3. The molecule has 2 aliphatic rings. The number of carbonyl (C=O) groups is 4. The van der Waals surface area contributed by atoms with Gasteiger partial charge in [-0.25, -0.2) is 29.9 Å². The second-order valence-corrected chi connectivity index (χ2v) is 26.3. The standard InChI is InChI=1S/C29H40N6O3S.C28H38N6O3S/c1-18-13-20(14-25(37)38-8)33-35(18)16-24(36)34-11-9-19(10-12-34)26-30-22(17-39-26)21-15-23(28(2,3)4)32-27(31-21)29(5,6)7;1-17-12-19(13-24(36)37)32-34(17)15-23(35)33-10-8-18(9-11-33)25-29-21(16-38-25)20-14-22(27(2,3)4)31-26(30-20)28(5,6)7/h13,15,17,19H,9-12,14,16H2,1-8H3;12,14,16,18H,8-11,13,15H2,1-7H3,(H,36,37). The number of ether oxygens (including phenoxy) is 1. The van der Waals surface area contributed by atoms with E-state index in [4.69, 9.17) is 39.7 Å². The molecule has 20 heteroatoms. The number of amides is 2. The van der Waals surface area contributed by atoms with E-state index in [1.807, 2.05) is 29.7 Å². The van der Waals surface area contributed by atoms with Gasteiger partial charge in [0.2, 0.25) is 11.8 Å². The Kier molecular flexibility index (Phi) is 17.7. The Labute approximate surface area is 461 Å². The molecule has 414 valence electrons. The van der Waals surface area contributed by atoms with Crippen LogP contribution in [0.15, 0.2) is 35.0 Å². The van der Waals surface area contributed by atoms with Gasteiger partial charge in [-0.05, 0) is 63.8 Å². The fourth-order valence-electron chi connectivity index (χ4n) is 9.01. The molecule has 0 unspecified atom stereocenters. The van der Waals surface area contributed by atoms with E-state index < -0.39 is 5.97 Å². The molecule has 0 aromatic carbocycles. The highest BCUT2D eigenvalue weighted by atomic mass is 32.1. The quantitative estimate of drug-likeness (QED) is 0.113. The lowest BCUT2D eigenvalue weighted by Gasteiger charge is -2.31. The van der Waals surface area contributed by atoms with Crippen LogP contribution >= 0.6 is 22.7 Å². The molecule has 2 aliphatic heterocycles. The molecule has 0 bridgehead atoms. The largest absolute Gasteiger partial charge is 0.481 e. The van der Waals surface area contributed by atoms with E-state index in [-0.39, 0.29) is 65.4 Å². The first kappa shape index (κ1) is 58.4. The fourth-order valence-corrected chi connectivity index (χ4v) is 11.0. The predicted octanol–water partition coefficient (Wildman–Crippen LogP) is 9.56. The molecule has 1 N–H and O–H groups in total. The number of aromatic nitrogens is 10. The van der Waals surface area contributed by atoms with Crippen LogP contribution in [0.1, 0.15) is 176 Å². The lowest BCUT2D eigenvalue weighted by molar-refractivity contribution is -0.140. The first-order valence-electron chi connectivity index (χ1n) is 26.6. The Morgan fingerprint density at radius 1 is 0.545 bits per heavy atom. The molecule has 6 aromatic heterocycles. The average molecular weight is 1090 g/mol. The SMILES string of the molecule is COC(=O)Cc1cc(C)n(CC(=O)N2CCC(c3nc(-c4cc(C(C)(C)C)nc(C(C)(C)C)n4)cs3)CC2)n1.Cc1cc(CC(=O)O)nn1CC(=O)N1CCC(c2nc(-c3cc(C(C)(C)C)nc(C(C)(C)C)n3)cs2)CC1. The number of aliphatic carboxylic acids is 1. The molecular formula is C57H78N12O6S2. The topological polar surface area (TPSA) is 217 Å². The Hall–Kier alpha value is -6.28. The summed E-state index contributed by atoms with van der Waals surface area (Å²) in [6.45, 7) is 32.5. The van der Waals surface area contributed by atoms with Crippen LogP contribution in [0.5, 0.6) is 0 Å². The Balaban J connectivity index is 0.000000224. The van der Waals surface area contributed by atoms with E-state index in [0.29, 0.717) is 49.4 Å². The van der Waals surface area contributed by atoms with Crippen molar-refractivity contribution in [3.8, 4) is 22.8 Å². The number of carboxylic acid groups (broad SMARTS) is 1. The highest BCUT2D eigenvalue weighted by molar-refractivity contribution is 7.10. The van der Waals surface area contributed by atoms with Crippen LogP contribution in [0, 0.1) is 13.8 Å². The third kappa shape index (κ3) is 15.1. The van der Waals surface area contributed by atoms with Crippen molar-refractivity contribution < 1.29 is 29.0 Å². The number of esters is 1. The van der Waals surface area contributed by atoms with Crippen molar-refractivity contribution in [2.24, 2.45) is 0 Å². The van der Waals surface area contributed by atoms with Gasteiger partial charge in [0, 0.05) is 81.8 Å². The third-order valence-electron chi connectivity index (χ3n) is 13.8. The van der Waals surface area contributed by atoms with Crippen molar-refractivity contribution in [3.05, 3.63) is 90.9 Å². The number of thiazole rings is 2. The summed E-state index contributed by atoms with van der Waals surface area (Å²) in [5.74, 6) is 1.03. The minimum atomic E-state index is -0.933. The molecule has 0 radical (unpaired) electrons. The van der Waals surface area contributed by atoms with Crippen LogP contribution in [0.25, 0.3) is 22.8 Å².